The van der Waals surface area contributed by atoms with E-state index in [1.54, 1.807) is 6.07 Å². The van der Waals surface area contributed by atoms with Gasteiger partial charge in [0.1, 0.15) is 5.82 Å². The Morgan fingerprint density at radius 1 is 1.15 bits per heavy atom. The minimum atomic E-state index is -0.439. The van der Waals surface area contributed by atoms with Gasteiger partial charge in [-0.25, -0.2) is 4.39 Å². The number of phenolic OH excluding ortho intramolecular Hbond substituents is 1. The zero-order valence-electron chi connectivity index (χ0n) is 14.6. The minimum absolute atomic E-state index is 0.0648. The van der Waals surface area contributed by atoms with E-state index in [4.69, 9.17) is 22.1 Å². The van der Waals surface area contributed by atoms with E-state index in [1.165, 1.54) is 25.3 Å². The van der Waals surface area contributed by atoms with Gasteiger partial charge in [-0.1, -0.05) is 23.7 Å². The van der Waals surface area contributed by atoms with Crippen molar-refractivity contribution in [2.75, 3.05) is 18.2 Å². The number of para-hydroxylation sites is 1. The minimum Gasteiger partial charge on any atom is -0.504 e. The lowest BCUT2D eigenvalue weighted by Crippen LogP contribution is -2.00. The van der Waals surface area contributed by atoms with Crippen LogP contribution in [0.5, 0.6) is 11.5 Å². The fourth-order valence-corrected chi connectivity index (χ4v) is 2.50. The number of nitrogens with one attached hydrogen (secondary N) is 1. The van der Waals surface area contributed by atoms with Gasteiger partial charge in [-0.2, -0.15) is 0 Å². The molecule has 4 N–H and O–H groups in total. The van der Waals surface area contributed by atoms with Crippen molar-refractivity contribution < 1.29 is 14.2 Å². The lowest BCUT2D eigenvalue weighted by atomic mass is 10.2. The molecule has 0 bridgehead atoms. The molecule has 3 aromatic carbocycles. The van der Waals surface area contributed by atoms with Crippen molar-refractivity contribution >= 4 is 35.6 Å². The number of hydrogen-bond donors (Lipinski definition) is 4. The number of benzene rings is 3. The maximum Gasteiger partial charge on any atom is 0.162 e. The summed E-state index contributed by atoms with van der Waals surface area (Å²) in [6.07, 6.45) is 0. The molecule has 7 heteroatoms. The molecule has 0 aliphatic heterocycles. The summed E-state index contributed by atoms with van der Waals surface area (Å²) in [5, 5.41) is 13.2. The number of nitrogen functional groups attached to an aromatic ring is 1. The summed E-state index contributed by atoms with van der Waals surface area (Å²) in [5.41, 5.74) is 7.53. The van der Waals surface area contributed by atoms with E-state index in [2.05, 4.69) is 17.9 Å². The summed E-state index contributed by atoms with van der Waals surface area (Å²) in [6, 6.07) is 17.2. The van der Waals surface area contributed by atoms with Gasteiger partial charge in [0.25, 0.3) is 0 Å². The summed E-state index contributed by atoms with van der Waals surface area (Å²) >= 11 is 9.59. The number of aromatic hydroxyl groups is 1. The van der Waals surface area contributed by atoms with Gasteiger partial charge in [0.15, 0.2) is 11.5 Å². The zero-order chi connectivity index (χ0) is 19.8. The molecule has 0 saturated carbocycles. The van der Waals surface area contributed by atoms with E-state index < -0.39 is 5.82 Å². The Morgan fingerprint density at radius 2 is 1.85 bits per heavy atom. The van der Waals surface area contributed by atoms with Gasteiger partial charge in [0.05, 0.1) is 12.1 Å². The second-order valence-corrected chi connectivity index (χ2v) is 6.47. The van der Waals surface area contributed by atoms with Gasteiger partial charge in [-0.05, 0) is 48.5 Å². The molecule has 3 aromatic rings. The van der Waals surface area contributed by atoms with E-state index in [0.717, 1.165) is 16.1 Å². The van der Waals surface area contributed by atoms with Crippen LogP contribution in [0.4, 0.5) is 15.8 Å². The molecule has 0 radical (unpaired) electrons. The van der Waals surface area contributed by atoms with Crippen LogP contribution >= 0.6 is 24.2 Å². The highest BCUT2D eigenvalue weighted by atomic mass is 35.5. The first-order valence-electron chi connectivity index (χ1n) is 7.99. The van der Waals surface area contributed by atoms with E-state index in [0.29, 0.717) is 18.0 Å². The topological polar surface area (TPSA) is 67.5 Å². The summed E-state index contributed by atoms with van der Waals surface area (Å²) < 4.78 is 17.4. The highest BCUT2D eigenvalue weighted by Gasteiger charge is 2.06. The van der Waals surface area contributed by atoms with Crippen molar-refractivity contribution in [3.05, 3.63) is 77.1 Å². The molecule has 0 fully saturated rings. The van der Waals surface area contributed by atoms with Gasteiger partial charge < -0.3 is 20.9 Å². The van der Waals surface area contributed by atoms with Crippen molar-refractivity contribution in [1.82, 2.24) is 0 Å². The third-order valence-electron chi connectivity index (χ3n) is 3.60. The van der Waals surface area contributed by atoms with Crippen molar-refractivity contribution in [2.45, 2.75) is 11.4 Å². The molecule has 0 spiro atoms. The SMILES string of the molecule is COc1cccc(CNc2ccc(S)cc2)c1O.Nc1ccc(F)c(Cl)c1. The third kappa shape index (κ3) is 6.27. The Balaban J connectivity index is 0.000000244. The molecule has 0 amide bonds. The second kappa shape index (κ2) is 9.94. The van der Waals surface area contributed by atoms with Gasteiger partial charge in [-0.15, -0.1) is 12.6 Å². The first kappa shape index (κ1) is 20.7. The first-order valence-corrected chi connectivity index (χ1v) is 8.81. The lowest BCUT2D eigenvalue weighted by molar-refractivity contribution is 0.371. The monoisotopic (exact) mass is 406 g/mol. The molecule has 0 unspecified atom stereocenters. The Hall–Kier alpha value is -2.57. The van der Waals surface area contributed by atoms with Crippen LogP contribution in [-0.4, -0.2) is 12.2 Å². The van der Waals surface area contributed by atoms with Crippen molar-refractivity contribution in [2.24, 2.45) is 0 Å². The molecule has 0 heterocycles. The number of phenols is 1. The lowest BCUT2D eigenvalue weighted by Gasteiger charge is -2.10. The Labute approximate surface area is 168 Å². The standard InChI is InChI=1S/C14H15NO2S.C6H5ClFN/c1-17-13-4-2-3-10(14(13)16)9-15-11-5-7-12(18)8-6-11;7-5-3-4(9)1-2-6(5)8/h2-8,15-16,18H,9H2,1H3;1-3H,9H2. The molecule has 0 aliphatic carbocycles. The fourth-order valence-electron chi connectivity index (χ4n) is 2.16. The van der Waals surface area contributed by atoms with Crippen LogP contribution in [0.25, 0.3) is 0 Å². The molecule has 3 rings (SSSR count). The number of ether oxygens (including phenoxy) is 1. The maximum absolute atomic E-state index is 12.3. The Morgan fingerprint density at radius 3 is 2.44 bits per heavy atom. The van der Waals surface area contributed by atoms with Crippen LogP contribution in [0.15, 0.2) is 65.6 Å². The molecule has 4 nitrogen and oxygen atoms in total. The van der Waals surface area contributed by atoms with E-state index in [-0.39, 0.29) is 10.8 Å². The maximum atomic E-state index is 12.3. The van der Waals surface area contributed by atoms with Gasteiger partial charge in [-0.3, -0.25) is 0 Å². The van der Waals surface area contributed by atoms with Crippen LogP contribution in [0.1, 0.15) is 5.56 Å². The van der Waals surface area contributed by atoms with Gasteiger partial charge in [0.2, 0.25) is 0 Å². The molecule has 0 atom stereocenters. The van der Waals surface area contributed by atoms with Crippen molar-refractivity contribution in [1.29, 1.82) is 0 Å². The first-order chi connectivity index (χ1) is 12.9. The smallest absolute Gasteiger partial charge is 0.162 e. The van der Waals surface area contributed by atoms with Crippen molar-refractivity contribution in [3.63, 3.8) is 0 Å². The molecule has 0 aromatic heterocycles. The quantitative estimate of drug-likeness (QED) is 0.347. The number of rotatable bonds is 4. The third-order valence-corrected chi connectivity index (χ3v) is 4.18. The average molecular weight is 407 g/mol. The van der Waals surface area contributed by atoms with Crippen LogP contribution in [0.2, 0.25) is 5.02 Å². The van der Waals surface area contributed by atoms with E-state index >= 15 is 0 Å². The summed E-state index contributed by atoms with van der Waals surface area (Å²) in [7, 11) is 1.54. The molecule has 27 heavy (non-hydrogen) atoms. The molecule has 142 valence electrons. The highest BCUT2D eigenvalue weighted by molar-refractivity contribution is 7.80. The molecular weight excluding hydrogens is 387 g/mol. The Kier molecular flexibility index (Phi) is 7.64. The largest absolute Gasteiger partial charge is 0.504 e. The van der Waals surface area contributed by atoms with Crippen LogP contribution < -0.4 is 15.8 Å². The predicted molar refractivity (Wildman–Crippen MR) is 112 cm³/mol. The van der Waals surface area contributed by atoms with Crippen LogP contribution in [-0.2, 0) is 6.54 Å². The average Bonchev–Trinajstić information content (AvgIpc) is 2.66. The molecular formula is C20H20ClFN2O2S. The predicted octanol–water partition coefficient (Wildman–Crippen LogP) is 5.36. The molecule has 0 aliphatic rings. The summed E-state index contributed by atoms with van der Waals surface area (Å²) in [4.78, 5) is 0.921. The van der Waals surface area contributed by atoms with Gasteiger partial charge in [0, 0.05) is 28.4 Å². The van der Waals surface area contributed by atoms with E-state index in [9.17, 15) is 9.50 Å². The number of hydrogen-bond acceptors (Lipinski definition) is 5. The van der Waals surface area contributed by atoms with Crippen LogP contribution in [0, 0.1) is 5.82 Å². The number of nitrogens with two attached hydrogens (primary N) is 1. The number of halogens is 2. The highest BCUT2D eigenvalue weighted by Crippen LogP contribution is 2.29. The number of anilines is 2. The summed E-state index contributed by atoms with van der Waals surface area (Å²) in [6.45, 7) is 0.537. The normalized spacial score (nSPS) is 9.93. The number of methoxy groups -OCH3 is 1. The van der Waals surface area contributed by atoms with Crippen LogP contribution in [0.3, 0.4) is 0 Å². The summed E-state index contributed by atoms with van der Waals surface area (Å²) in [5.74, 6) is 0.226. The fraction of sp³-hybridized carbons (Fsp3) is 0.100. The second-order valence-electron chi connectivity index (χ2n) is 5.54. The molecule has 0 saturated heterocycles. The Bertz CT molecular complexity index is 892. The van der Waals surface area contributed by atoms with Gasteiger partial charge >= 0.3 is 0 Å². The number of thiol groups is 1. The van der Waals surface area contributed by atoms with E-state index in [1.807, 2.05) is 36.4 Å². The zero-order valence-corrected chi connectivity index (χ0v) is 16.3. The van der Waals surface area contributed by atoms with Crippen molar-refractivity contribution in [3.8, 4) is 11.5 Å².